The zero-order valence-corrected chi connectivity index (χ0v) is 31.6. The first kappa shape index (κ1) is 38.8. The topological polar surface area (TPSA) is 163 Å². The maximum atomic E-state index is 14.6. The first-order chi connectivity index (χ1) is 24.5. The Balaban J connectivity index is 1.39. The van der Waals surface area contributed by atoms with Gasteiger partial charge >= 0.3 is 11.9 Å². The number of aliphatic hydroxyl groups is 3. The second-order valence-electron chi connectivity index (χ2n) is 17.3. The normalized spacial score (nSPS) is 38.3. The van der Waals surface area contributed by atoms with Crippen molar-refractivity contribution in [3.8, 4) is 0 Å². The van der Waals surface area contributed by atoms with E-state index in [1.807, 2.05) is 31.7 Å². The number of aliphatic hydroxyl groups excluding tert-OH is 2. The van der Waals surface area contributed by atoms with Gasteiger partial charge in [-0.15, -0.1) is 0 Å². The average molecular weight is 721 g/mol. The number of hydrogen-bond acceptors (Lipinski definition) is 11. The molecular formula is C40H57BN2O9. The molecule has 4 N–H and O–H groups in total. The molecular weight excluding hydrogens is 663 g/mol. The van der Waals surface area contributed by atoms with E-state index in [0.29, 0.717) is 23.7 Å². The molecule has 11 atom stereocenters. The molecule has 1 aromatic rings. The van der Waals surface area contributed by atoms with Gasteiger partial charge in [0.05, 0.1) is 35.9 Å². The number of fused-ring (bicyclic) bond motifs is 5. The zero-order chi connectivity index (χ0) is 37.8. The van der Waals surface area contributed by atoms with E-state index in [9.17, 15) is 34.5 Å². The highest BCUT2D eigenvalue weighted by atomic mass is 16.6. The molecule has 1 saturated heterocycles. The van der Waals surface area contributed by atoms with E-state index >= 15 is 0 Å². The van der Waals surface area contributed by atoms with E-state index < -0.39 is 76.4 Å². The lowest BCUT2D eigenvalue weighted by atomic mass is 9.36. The largest absolute Gasteiger partial charge is 0.455 e. The third kappa shape index (κ3) is 6.20. The van der Waals surface area contributed by atoms with E-state index in [1.165, 1.54) is 0 Å². The van der Waals surface area contributed by atoms with Crippen LogP contribution < -0.4 is 5.23 Å². The van der Waals surface area contributed by atoms with E-state index in [0.717, 1.165) is 45.2 Å². The molecule has 12 heteroatoms. The third-order valence-electron chi connectivity index (χ3n) is 14.4. The van der Waals surface area contributed by atoms with Crippen molar-refractivity contribution in [3.63, 3.8) is 0 Å². The number of benzene rings is 1. The highest BCUT2D eigenvalue weighted by Crippen LogP contribution is 2.70. The molecule has 2 bridgehead atoms. The molecule has 0 radical (unpaired) electrons. The molecule has 1 aliphatic heterocycles. The van der Waals surface area contributed by atoms with E-state index in [2.05, 4.69) is 12.2 Å². The number of piperidine rings is 1. The van der Waals surface area contributed by atoms with Crippen molar-refractivity contribution in [1.82, 2.24) is 10.1 Å². The fraction of sp³-hybridized carbons (Fsp3) is 0.700. The van der Waals surface area contributed by atoms with Crippen LogP contribution in [-0.4, -0.2) is 101 Å². The summed E-state index contributed by atoms with van der Waals surface area (Å²) in [5.74, 6) is -2.77. The Kier molecular flexibility index (Phi) is 10.7. The van der Waals surface area contributed by atoms with Crippen molar-refractivity contribution >= 4 is 31.3 Å². The van der Waals surface area contributed by atoms with Crippen molar-refractivity contribution in [2.45, 2.75) is 123 Å². The number of esters is 2. The van der Waals surface area contributed by atoms with Gasteiger partial charge in [0, 0.05) is 11.8 Å². The lowest BCUT2D eigenvalue weighted by molar-refractivity contribution is -0.246. The van der Waals surface area contributed by atoms with Crippen LogP contribution in [-0.2, 0) is 28.7 Å². The minimum absolute atomic E-state index is 0.00297. The molecule has 52 heavy (non-hydrogen) atoms. The smallest absolute Gasteiger partial charge is 0.350 e. The summed E-state index contributed by atoms with van der Waals surface area (Å²) in [5.41, 5.74) is -3.00. The first-order valence-corrected chi connectivity index (χ1v) is 19.2. The van der Waals surface area contributed by atoms with Crippen molar-refractivity contribution in [3.05, 3.63) is 47.0 Å². The highest BCUT2D eigenvalue weighted by Gasteiger charge is 2.72. The Hall–Kier alpha value is -2.90. The number of carbonyl (C=O) groups is 4. The number of likely N-dealkylation sites (tertiary alicyclic amines) is 1. The molecule has 6 rings (SSSR count). The zero-order valence-electron chi connectivity index (χ0n) is 31.6. The molecule has 284 valence electrons. The maximum Gasteiger partial charge on any atom is 0.350 e. The van der Waals surface area contributed by atoms with Gasteiger partial charge in [-0.25, -0.2) is 4.79 Å². The van der Waals surface area contributed by atoms with E-state index in [-0.39, 0.29) is 37.3 Å². The Bertz CT molecular complexity index is 1580. The van der Waals surface area contributed by atoms with Gasteiger partial charge in [-0.1, -0.05) is 64.4 Å². The second kappa shape index (κ2) is 14.4. The summed E-state index contributed by atoms with van der Waals surface area (Å²) in [4.78, 5) is 56.1. The van der Waals surface area contributed by atoms with Crippen LogP contribution in [0.4, 0.5) is 0 Å². The predicted octanol–water partition coefficient (Wildman–Crippen LogP) is 3.03. The summed E-state index contributed by atoms with van der Waals surface area (Å²) in [6, 6.07) is 7.99. The molecule has 3 saturated carbocycles. The Morgan fingerprint density at radius 1 is 1.10 bits per heavy atom. The van der Waals surface area contributed by atoms with Gasteiger partial charge in [0.15, 0.2) is 5.78 Å². The van der Waals surface area contributed by atoms with Crippen LogP contribution in [0.5, 0.6) is 0 Å². The monoisotopic (exact) mass is 720 g/mol. The molecule has 1 heterocycles. The van der Waals surface area contributed by atoms with Crippen LogP contribution in [0, 0.1) is 34.0 Å². The highest BCUT2D eigenvalue weighted by molar-refractivity contribution is 6.64. The van der Waals surface area contributed by atoms with Crippen LogP contribution >= 0.6 is 0 Å². The fourth-order valence-corrected chi connectivity index (χ4v) is 11.3. The molecule has 0 aromatic heterocycles. The van der Waals surface area contributed by atoms with Crippen molar-refractivity contribution < 1.29 is 44.0 Å². The van der Waals surface area contributed by atoms with Gasteiger partial charge < -0.3 is 34.8 Å². The number of nitrogens with zero attached hydrogens (tertiary/aromatic N) is 1. The van der Waals surface area contributed by atoms with Gasteiger partial charge in [-0.2, -0.15) is 0 Å². The number of nitrogens with one attached hydrogen (secondary N) is 1. The van der Waals surface area contributed by atoms with Gasteiger partial charge in [0.1, 0.15) is 12.2 Å². The van der Waals surface area contributed by atoms with E-state index in [1.54, 1.807) is 38.1 Å². The van der Waals surface area contributed by atoms with Gasteiger partial charge in [0.25, 0.3) is 7.41 Å². The predicted molar refractivity (Wildman–Crippen MR) is 196 cm³/mol. The van der Waals surface area contributed by atoms with Crippen LogP contribution in [0.3, 0.4) is 0 Å². The van der Waals surface area contributed by atoms with Crippen LogP contribution in [0.2, 0.25) is 0 Å². The SMILES string of the molecule is CC1=C2[C@@H](O)C(=O)[C@@]3(C)[C@H]([C@H](C)[C@](O)(C[C@@H]1OC(=O)[C@H](OC(=O)CN1CCCCC1)[C@@H](NBC=O)c1ccccc1)C2(C)C)[C@]1(C)CC[C@@H]1C[C@@H]3O. The fourth-order valence-electron chi connectivity index (χ4n) is 11.3. The summed E-state index contributed by atoms with van der Waals surface area (Å²) in [6.07, 6.45) is 0.690. The lowest BCUT2D eigenvalue weighted by Gasteiger charge is -2.69. The van der Waals surface area contributed by atoms with Gasteiger partial charge in [-0.05, 0) is 98.9 Å². The minimum Gasteiger partial charge on any atom is -0.455 e. The molecule has 11 nitrogen and oxygen atoms in total. The lowest BCUT2D eigenvalue weighted by Crippen LogP contribution is -2.72. The summed E-state index contributed by atoms with van der Waals surface area (Å²) < 4.78 is 12.3. The molecule has 0 spiro atoms. The van der Waals surface area contributed by atoms with Gasteiger partial charge in [-0.3, -0.25) is 14.5 Å². The Morgan fingerprint density at radius 2 is 1.77 bits per heavy atom. The molecule has 1 aromatic carbocycles. The molecule has 0 unspecified atom stereocenters. The molecule has 0 amide bonds. The summed E-state index contributed by atoms with van der Waals surface area (Å²) in [7, 11) is -0.120. The summed E-state index contributed by atoms with van der Waals surface area (Å²) >= 11 is 0. The van der Waals surface area contributed by atoms with E-state index in [4.69, 9.17) is 9.47 Å². The molecule has 5 aliphatic rings. The van der Waals surface area contributed by atoms with Crippen molar-refractivity contribution in [1.29, 1.82) is 0 Å². The number of Topliss-reactive ketones (excluding diaryl/α,β-unsaturated/α-hetero) is 1. The number of carbonyl (C=O) groups excluding carboxylic acids is 4. The third-order valence-corrected chi connectivity index (χ3v) is 14.4. The number of hydrogen-bond donors (Lipinski definition) is 4. The summed E-state index contributed by atoms with van der Waals surface area (Å²) in [6.45, 7) is 12.7. The minimum atomic E-state index is -1.65. The number of ether oxygens (including phenoxy) is 2. The van der Waals surface area contributed by atoms with Crippen LogP contribution in [0.25, 0.3) is 0 Å². The standard InChI is InChI=1S/C40H57BN2O9/c1-23-27(51-36(49)33(52-29(46)21-43-17-11-8-12-18-43)31(42-41-22-44)25-13-9-7-10-14-25)20-40(50)24(2)34-38(5)16-15-26(38)19-28(45)39(34,6)35(48)32(47)30(23)37(40,3)4/h7,9-10,13-14,22,24,26-28,31-34,41-42,45,47,50H,8,11-12,15-21H2,1-6H3/t24-,26+,27-,28-,31-,32+,33+,34+,38+,39+,40+/m0/s1. The maximum absolute atomic E-state index is 14.6. The Morgan fingerprint density at radius 3 is 2.38 bits per heavy atom. The van der Waals surface area contributed by atoms with Crippen molar-refractivity contribution in [2.24, 2.45) is 34.0 Å². The van der Waals surface area contributed by atoms with Crippen LogP contribution in [0.15, 0.2) is 41.5 Å². The quantitative estimate of drug-likeness (QED) is 0.122. The number of ketones is 1. The number of rotatable bonds is 10. The van der Waals surface area contributed by atoms with Crippen LogP contribution in [0.1, 0.15) is 98.1 Å². The van der Waals surface area contributed by atoms with Crippen molar-refractivity contribution in [2.75, 3.05) is 19.6 Å². The first-order valence-electron chi connectivity index (χ1n) is 19.2. The molecule has 4 aliphatic carbocycles. The Labute approximate surface area is 308 Å². The average Bonchev–Trinajstić information content (AvgIpc) is 3.11. The van der Waals surface area contributed by atoms with Gasteiger partial charge in [0.2, 0.25) is 6.10 Å². The summed E-state index contributed by atoms with van der Waals surface area (Å²) in [5, 5.41) is 39.8. The molecule has 4 fully saturated rings. The second-order valence-corrected chi connectivity index (χ2v) is 17.3.